The first kappa shape index (κ1) is 12.6. The number of nitrogens with zero attached hydrogens (tertiary/aromatic N) is 1. The number of hydrogen-bond donors (Lipinski definition) is 2. The number of nitrogens with one attached hydrogen (secondary N) is 2. The van der Waals surface area contributed by atoms with Crippen molar-refractivity contribution in [2.75, 3.05) is 0 Å². The van der Waals surface area contributed by atoms with Gasteiger partial charge in [-0.3, -0.25) is 14.2 Å². The molecule has 1 amide bonds. The zero-order valence-corrected chi connectivity index (χ0v) is 11.9. The zero-order valence-electron chi connectivity index (χ0n) is 10.3. The second kappa shape index (κ2) is 4.57. The van der Waals surface area contributed by atoms with Gasteiger partial charge in [-0.1, -0.05) is 0 Å². The Balaban J connectivity index is 2.05. The summed E-state index contributed by atoms with van der Waals surface area (Å²) in [5.74, 6) is -0.154. The number of carbonyl (C=O) groups is 1. The minimum absolute atomic E-state index is 0.154. The molecular formula is C12H13N3O2S2. The van der Waals surface area contributed by atoms with Crippen LogP contribution in [0.25, 0.3) is 10.2 Å². The van der Waals surface area contributed by atoms with Gasteiger partial charge in [-0.15, -0.1) is 11.3 Å². The monoisotopic (exact) mass is 295 g/mol. The third kappa shape index (κ3) is 2.23. The van der Waals surface area contributed by atoms with Crippen LogP contribution in [0.2, 0.25) is 0 Å². The Kier molecular flexibility index (Phi) is 3.02. The molecule has 1 atom stereocenters. The second-order valence-electron chi connectivity index (χ2n) is 4.73. The highest BCUT2D eigenvalue weighted by molar-refractivity contribution is 7.71. The number of fused-ring (bicyclic) bond motifs is 1. The molecule has 2 N–H and O–H groups in total. The maximum absolute atomic E-state index is 12.4. The van der Waals surface area contributed by atoms with Crippen LogP contribution in [0, 0.1) is 4.77 Å². The van der Waals surface area contributed by atoms with Crippen molar-refractivity contribution in [2.24, 2.45) is 0 Å². The molecule has 1 aliphatic carbocycles. The summed E-state index contributed by atoms with van der Waals surface area (Å²) in [6.45, 7) is 1.70. The molecule has 19 heavy (non-hydrogen) atoms. The van der Waals surface area contributed by atoms with Crippen LogP contribution in [0.1, 0.15) is 25.8 Å². The van der Waals surface area contributed by atoms with E-state index in [1.54, 1.807) is 13.0 Å². The summed E-state index contributed by atoms with van der Waals surface area (Å²) in [6, 6.07) is 1.42. The van der Waals surface area contributed by atoms with Crippen LogP contribution >= 0.6 is 23.6 Å². The van der Waals surface area contributed by atoms with E-state index in [2.05, 4.69) is 10.3 Å². The Morgan fingerprint density at radius 2 is 2.37 bits per heavy atom. The molecule has 0 bridgehead atoms. The van der Waals surface area contributed by atoms with Gasteiger partial charge in [0.05, 0.1) is 5.39 Å². The van der Waals surface area contributed by atoms with Gasteiger partial charge in [0.2, 0.25) is 5.91 Å². The zero-order chi connectivity index (χ0) is 13.6. The number of aromatic nitrogens is 2. The first-order chi connectivity index (χ1) is 9.08. The lowest BCUT2D eigenvalue weighted by Crippen LogP contribution is -2.37. The third-order valence-corrected chi connectivity index (χ3v) is 4.37. The number of amides is 1. The number of carbonyl (C=O) groups excluding carboxylic acids is 1. The fourth-order valence-corrected chi connectivity index (χ4v) is 3.16. The molecule has 3 rings (SSSR count). The van der Waals surface area contributed by atoms with Gasteiger partial charge < -0.3 is 10.3 Å². The summed E-state index contributed by atoms with van der Waals surface area (Å²) >= 11 is 6.62. The number of aromatic amines is 1. The largest absolute Gasteiger partial charge is 0.352 e. The predicted molar refractivity (Wildman–Crippen MR) is 77.1 cm³/mol. The van der Waals surface area contributed by atoms with E-state index in [4.69, 9.17) is 12.2 Å². The molecule has 2 aromatic heterocycles. The van der Waals surface area contributed by atoms with Gasteiger partial charge in [-0.2, -0.15) is 0 Å². The number of H-pyrrole nitrogens is 1. The smallest absolute Gasteiger partial charge is 0.263 e. The summed E-state index contributed by atoms with van der Waals surface area (Å²) in [6.07, 6.45) is 2.04. The maximum Gasteiger partial charge on any atom is 0.263 e. The van der Waals surface area contributed by atoms with Crippen molar-refractivity contribution < 1.29 is 4.79 Å². The number of thiophene rings is 1. The summed E-state index contributed by atoms with van der Waals surface area (Å²) in [5, 5.41) is 5.30. The molecule has 1 fully saturated rings. The molecule has 0 saturated heterocycles. The van der Waals surface area contributed by atoms with E-state index in [0.29, 0.717) is 10.2 Å². The van der Waals surface area contributed by atoms with E-state index in [-0.39, 0.29) is 17.5 Å². The molecule has 2 aromatic rings. The van der Waals surface area contributed by atoms with E-state index >= 15 is 0 Å². The Morgan fingerprint density at radius 3 is 3.05 bits per heavy atom. The molecule has 100 valence electrons. The van der Waals surface area contributed by atoms with Crippen LogP contribution in [0.3, 0.4) is 0 Å². The van der Waals surface area contributed by atoms with Crippen molar-refractivity contribution in [1.82, 2.24) is 14.9 Å². The molecule has 1 unspecified atom stereocenters. The SMILES string of the molecule is CC(C(=O)NC1CC1)n1c(=S)[nH]c2sccc2c1=O. The Morgan fingerprint density at radius 1 is 1.63 bits per heavy atom. The van der Waals surface area contributed by atoms with Crippen LogP contribution in [0.5, 0.6) is 0 Å². The molecule has 7 heteroatoms. The fraction of sp³-hybridized carbons (Fsp3) is 0.417. The quantitative estimate of drug-likeness (QED) is 0.851. The molecule has 5 nitrogen and oxygen atoms in total. The van der Waals surface area contributed by atoms with Gasteiger partial charge in [0.25, 0.3) is 5.56 Å². The number of rotatable bonds is 3. The minimum Gasteiger partial charge on any atom is -0.352 e. The second-order valence-corrected chi connectivity index (χ2v) is 6.03. The molecule has 0 aliphatic heterocycles. The Labute approximate surface area is 118 Å². The van der Waals surface area contributed by atoms with Crippen molar-refractivity contribution in [3.8, 4) is 0 Å². The summed E-state index contributed by atoms with van der Waals surface area (Å²) < 4.78 is 1.64. The van der Waals surface area contributed by atoms with E-state index in [0.717, 1.165) is 17.7 Å². The predicted octanol–water partition coefficient (Wildman–Crippen LogP) is 1.96. The Bertz CT molecular complexity index is 754. The lowest BCUT2D eigenvalue weighted by Gasteiger charge is -2.15. The van der Waals surface area contributed by atoms with Crippen LogP contribution < -0.4 is 10.9 Å². The highest BCUT2D eigenvalue weighted by Gasteiger charge is 2.27. The molecule has 0 spiro atoms. The van der Waals surface area contributed by atoms with Crippen molar-refractivity contribution in [3.05, 3.63) is 26.6 Å². The lowest BCUT2D eigenvalue weighted by molar-refractivity contribution is -0.124. The van der Waals surface area contributed by atoms with E-state index < -0.39 is 6.04 Å². The highest BCUT2D eigenvalue weighted by atomic mass is 32.1. The van der Waals surface area contributed by atoms with Crippen molar-refractivity contribution in [3.63, 3.8) is 0 Å². The van der Waals surface area contributed by atoms with Gasteiger partial charge in [-0.05, 0) is 43.4 Å². The first-order valence-electron chi connectivity index (χ1n) is 6.10. The van der Waals surface area contributed by atoms with Crippen molar-refractivity contribution >= 4 is 39.7 Å². The van der Waals surface area contributed by atoms with Crippen molar-refractivity contribution in [1.29, 1.82) is 0 Å². The highest BCUT2D eigenvalue weighted by Crippen LogP contribution is 2.20. The van der Waals surface area contributed by atoms with Crippen LogP contribution in [-0.4, -0.2) is 21.5 Å². The lowest BCUT2D eigenvalue weighted by atomic mass is 10.3. The van der Waals surface area contributed by atoms with Crippen LogP contribution in [0.4, 0.5) is 0 Å². The molecule has 1 aliphatic rings. The van der Waals surface area contributed by atoms with Gasteiger partial charge in [0.15, 0.2) is 4.77 Å². The van der Waals surface area contributed by atoms with Gasteiger partial charge in [0.1, 0.15) is 10.9 Å². The van der Waals surface area contributed by atoms with Crippen molar-refractivity contribution in [2.45, 2.75) is 31.8 Å². The fourth-order valence-electron chi connectivity index (χ4n) is 1.97. The average Bonchev–Trinajstić information content (AvgIpc) is 3.04. The van der Waals surface area contributed by atoms with Gasteiger partial charge >= 0.3 is 0 Å². The maximum atomic E-state index is 12.4. The topological polar surface area (TPSA) is 66.9 Å². The van der Waals surface area contributed by atoms with Crippen LogP contribution in [-0.2, 0) is 4.79 Å². The molecule has 2 heterocycles. The van der Waals surface area contributed by atoms with E-state index in [9.17, 15) is 9.59 Å². The molecular weight excluding hydrogens is 282 g/mol. The molecule has 0 aromatic carbocycles. The normalized spacial score (nSPS) is 16.5. The summed E-state index contributed by atoms with van der Waals surface area (Å²) in [7, 11) is 0. The molecule has 1 saturated carbocycles. The standard InChI is InChI=1S/C12H13N3O2S2/c1-6(9(16)13-7-2-3-7)15-11(17)8-4-5-19-10(8)14-12(15)18/h4-7H,2-3H2,1H3,(H,13,16)(H,14,18). The first-order valence-corrected chi connectivity index (χ1v) is 7.39. The summed E-state index contributed by atoms with van der Waals surface area (Å²) in [4.78, 5) is 28.2. The van der Waals surface area contributed by atoms with Gasteiger partial charge in [-0.25, -0.2) is 0 Å². The minimum atomic E-state index is -0.596. The summed E-state index contributed by atoms with van der Waals surface area (Å²) in [5.41, 5.74) is -0.210. The van der Waals surface area contributed by atoms with Crippen LogP contribution in [0.15, 0.2) is 16.2 Å². The van der Waals surface area contributed by atoms with E-state index in [1.807, 2.05) is 5.38 Å². The average molecular weight is 295 g/mol. The van der Waals surface area contributed by atoms with Gasteiger partial charge in [0, 0.05) is 6.04 Å². The number of hydrogen-bond acceptors (Lipinski definition) is 4. The Hall–Kier alpha value is -1.47. The van der Waals surface area contributed by atoms with E-state index in [1.165, 1.54) is 15.9 Å². The third-order valence-electron chi connectivity index (χ3n) is 3.24. The molecule has 0 radical (unpaired) electrons.